The number of ether oxygens (including phenoxy) is 1. The van der Waals surface area contributed by atoms with Gasteiger partial charge in [-0.15, -0.1) is 11.8 Å². The first-order chi connectivity index (χ1) is 14.9. The molecule has 6 heteroatoms. The van der Waals surface area contributed by atoms with Crippen molar-refractivity contribution in [1.82, 2.24) is 4.90 Å². The summed E-state index contributed by atoms with van der Waals surface area (Å²) in [4.78, 5) is 14.1. The fraction of sp³-hybridized carbons (Fsp3) is 0.480. The van der Waals surface area contributed by atoms with Crippen LogP contribution in [0.4, 0.5) is 4.39 Å². The second-order valence-electron chi connectivity index (χ2n) is 8.83. The van der Waals surface area contributed by atoms with Gasteiger partial charge in [0.15, 0.2) is 0 Å². The summed E-state index contributed by atoms with van der Waals surface area (Å²) >= 11 is 1.61. The molecule has 1 saturated heterocycles. The highest BCUT2D eigenvalue weighted by atomic mass is 32.2. The smallest absolute Gasteiger partial charge is 0.304 e. The number of aliphatic carboxylic acids is 1. The van der Waals surface area contributed by atoms with Gasteiger partial charge in [0.05, 0.1) is 13.0 Å². The molecule has 0 atom stereocenters. The average molecular weight is 444 g/mol. The molecule has 4 nitrogen and oxygen atoms in total. The molecule has 4 rings (SSSR count). The number of nitrogens with zero attached hydrogens (tertiary/aromatic N) is 1. The molecule has 0 amide bonds. The lowest BCUT2D eigenvalue weighted by Crippen LogP contribution is -2.44. The van der Waals surface area contributed by atoms with Crippen molar-refractivity contribution in [3.8, 4) is 5.75 Å². The Morgan fingerprint density at radius 2 is 2.10 bits per heavy atom. The van der Waals surface area contributed by atoms with Crippen molar-refractivity contribution >= 4 is 17.7 Å². The Labute approximate surface area is 187 Å². The molecule has 2 heterocycles. The van der Waals surface area contributed by atoms with E-state index >= 15 is 0 Å². The summed E-state index contributed by atoms with van der Waals surface area (Å²) in [6.45, 7) is 10.8. The van der Waals surface area contributed by atoms with Crippen molar-refractivity contribution in [1.29, 1.82) is 0 Å². The number of carboxylic acids is 1. The Balaban J connectivity index is 1.40. The van der Waals surface area contributed by atoms with Crippen LogP contribution in [0.1, 0.15) is 37.7 Å². The van der Waals surface area contributed by atoms with Gasteiger partial charge in [0.2, 0.25) is 0 Å². The molecular formula is C25H30FNO3S. The van der Waals surface area contributed by atoms with E-state index in [1.807, 2.05) is 0 Å². The summed E-state index contributed by atoms with van der Waals surface area (Å²) in [5.74, 6) is 0.878. The first-order valence-electron chi connectivity index (χ1n) is 11.0. The standard InChI is InChI=1S/C25H30FNO3S/c1-3-22(26)20(17(2)18-4-5-18)15-31-19-6-7-21-23(14-19)30-16-25(21)9-12-27(13-10-25)11-8-24(28)29/h3,6-7,14,18H,1-2,4-5,8-13,15-16H2,(H,28,29)/b22-20+. The molecule has 2 fully saturated rings. The largest absolute Gasteiger partial charge is 0.492 e. The number of hydrogen-bond donors (Lipinski definition) is 1. The van der Waals surface area contributed by atoms with E-state index in [4.69, 9.17) is 9.84 Å². The number of likely N-dealkylation sites (tertiary alicyclic amines) is 1. The highest BCUT2D eigenvalue weighted by Crippen LogP contribution is 2.47. The zero-order chi connectivity index (χ0) is 22.0. The highest BCUT2D eigenvalue weighted by Gasteiger charge is 2.43. The number of halogens is 1. The van der Waals surface area contributed by atoms with Crippen LogP contribution in [-0.4, -0.2) is 48.0 Å². The van der Waals surface area contributed by atoms with Crippen LogP contribution >= 0.6 is 11.8 Å². The lowest BCUT2D eigenvalue weighted by Gasteiger charge is -2.38. The molecule has 31 heavy (non-hydrogen) atoms. The summed E-state index contributed by atoms with van der Waals surface area (Å²) in [5.41, 5.74) is 2.87. The van der Waals surface area contributed by atoms with Gasteiger partial charge in [0.25, 0.3) is 0 Å². The van der Waals surface area contributed by atoms with E-state index in [1.54, 1.807) is 11.8 Å². The minimum Gasteiger partial charge on any atom is -0.492 e. The minimum atomic E-state index is -0.744. The number of carboxylic acid groups (broad SMARTS) is 1. The number of benzene rings is 1. The summed E-state index contributed by atoms with van der Waals surface area (Å²) < 4.78 is 20.4. The predicted octanol–water partition coefficient (Wildman–Crippen LogP) is 5.36. The molecule has 0 bridgehead atoms. The van der Waals surface area contributed by atoms with Crippen LogP contribution in [0.5, 0.6) is 5.75 Å². The van der Waals surface area contributed by atoms with Crippen LogP contribution in [0.25, 0.3) is 0 Å². The SMILES string of the molecule is C=C/C(F)=C(/CSc1ccc2c(c1)OCC21CCN(CCC(=O)O)CC1)C(=C)C1CC1. The second-order valence-corrected chi connectivity index (χ2v) is 9.88. The molecule has 1 saturated carbocycles. The number of carbonyl (C=O) groups is 1. The molecule has 1 aromatic rings. The molecule has 166 valence electrons. The monoisotopic (exact) mass is 443 g/mol. The first kappa shape index (κ1) is 22.2. The molecule has 1 aliphatic carbocycles. The Morgan fingerprint density at radius 3 is 2.74 bits per heavy atom. The third-order valence-corrected chi connectivity index (χ3v) is 7.81. The lowest BCUT2D eigenvalue weighted by molar-refractivity contribution is -0.137. The molecule has 0 aromatic heterocycles. The summed E-state index contributed by atoms with van der Waals surface area (Å²) in [6.07, 6.45) is 5.62. The van der Waals surface area contributed by atoms with E-state index in [2.05, 4.69) is 36.3 Å². The third-order valence-electron chi connectivity index (χ3n) is 6.79. The van der Waals surface area contributed by atoms with Gasteiger partial charge >= 0.3 is 5.97 Å². The van der Waals surface area contributed by atoms with Crippen molar-refractivity contribution in [2.24, 2.45) is 5.92 Å². The van der Waals surface area contributed by atoms with Gasteiger partial charge in [-0.25, -0.2) is 4.39 Å². The molecule has 3 aliphatic rings. The summed E-state index contributed by atoms with van der Waals surface area (Å²) in [7, 11) is 0. The van der Waals surface area contributed by atoms with E-state index in [0.717, 1.165) is 55.0 Å². The Bertz CT molecular complexity index is 913. The van der Waals surface area contributed by atoms with E-state index in [0.29, 0.717) is 30.4 Å². The number of piperidine rings is 1. The molecule has 0 radical (unpaired) electrons. The highest BCUT2D eigenvalue weighted by molar-refractivity contribution is 7.99. The van der Waals surface area contributed by atoms with Crippen LogP contribution in [0.3, 0.4) is 0 Å². The van der Waals surface area contributed by atoms with Crippen LogP contribution in [0.2, 0.25) is 0 Å². The van der Waals surface area contributed by atoms with Crippen molar-refractivity contribution < 1.29 is 19.0 Å². The number of thioether (sulfide) groups is 1. The fourth-order valence-electron chi connectivity index (χ4n) is 4.59. The zero-order valence-corrected chi connectivity index (χ0v) is 18.7. The van der Waals surface area contributed by atoms with Crippen LogP contribution in [0, 0.1) is 5.92 Å². The van der Waals surface area contributed by atoms with Gasteiger partial charge < -0.3 is 14.7 Å². The number of fused-ring (bicyclic) bond motifs is 2. The molecule has 2 aliphatic heterocycles. The van der Waals surface area contributed by atoms with Gasteiger partial charge in [-0.3, -0.25) is 4.79 Å². The third kappa shape index (κ3) is 4.90. The Kier molecular flexibility index (Phi) is 6.58. The van der Waals surface area contributed by atoms with Crippen LogP contribution < -0.4 is 4.74 Å². The van der Waals surface area contributed by atoms with Crippen LogP contribution in [-0.2, 0) is 10.2 Å². The van der Waals surface area contributed by atoms with E-state index < -0.39 is 5.97 Å². The van der Waals surface area contributed by atoms with Crippen molar-refractivity contribution in [2.75, 3.05) is 32.0 Å². The molecule has 1 aromatic carbocycles. The van der Waals surface area contributed by atoms with Gasteiger partial charge in [0, 0.05) is 33.7 Å². The molecule has 1 N–H and O–H groups in total. The van der Waals surface area contributed by atoms with Gasteiger partial charge in [0.1, 0.15) is 11.6 Å². The maximum Gasteiger partial charge on any atom is 0.304 e. The van der Waals surface area contributed by atoms with Crippen molar-refractivity contribution in [3.63, 3.8) is 0 Å². The molecule has 0 unspecified atom stereocenters. The van der Waals surface area contributed by atoms with Gasteiger partial charge in [-0.05, 0) is 68.5 Å². The van der Waals surface area contributed by atoms with Crippen molar-refractivity contribution in [2.45, 2.75) is 42.4 Å². The Morgan fingerprint density at radius 1 is 1.35 bits per heavy atom. The summed E-state index contributed by atoms with van der Waals surface area (Å²) in [6, 6.07) is 6.36. The number of allylic oxidation sites excluding steroid dienone is 3. The fourth-order valence-corrected chi connectivity index (χ4v) is 5.58. The maximum absolute atomic E-state index is 14.4. The quantitative estimate of drug-likeness (QED) is 0.412. The number of hydrogen-bond acceptors (Lipinski definition) is 4. The minimum absolute atomic E-state index is 0.0263. The second kappa shape index (κ2) is 9.21. The van der Waals surface area contributed by atoms with E-state index in [1.165, 1.54) is 11.6 Å². The van der Waals surface area contributed by atoms with Gasteiger partial charge in [-0.1, -0.05) is 19.2 Å². The average Bonchev–Trinajstić information content (AvgIpc) is 3.57. The van der Waals surface area contributed by atoms with Crippen LogP contribution in [0.15, 0.2) is 59.3 Å². The van der Waals surface area contributed by atoms with E-state index in [9.17, 15) is 9.18 Å². The zero-order valence-electron chi connectivity index (χ0n) is 17.9. The van der Waals surface area contributed by atoms with Gasteiger partial charge in [-0.2, -0.15) is 0 Å². The normalized spacial score (nSPS) is 20.7. The first-order valence-corrected chi connectivity index (χ1v) is 11.9. The molecular weight excluding hydrogens is 413 g/mol. The lowest BCUT2D eigenvalue weighted by atomic mass is 9.74. The predicted molar refractivity (Wildman–Crippen MR) is 122 cm³/mol. The van der Waals surface area contributed by atoms with Crippen molar-refractivity contribution in [3.05, 3.63) is 60.0 Å². The molecule has 1 spiro atoms. The number of rotatable bonds is 9. The topological polar surface area (TPSA) is 49.8 Å². The maximum atomic E-state index is 14.4. The Hall–Kier alpha value is -2.05. The summed E-state index contributed by atoms with van der Waals surface area (Å²) in [5, 5.41) is 8.91. The van der Waals surface area contributed by atoms with E-state index in [-0.39, 0.29) is 17.7 Å².